The van der Waals surface area contributed by atoms with Crippen molar-refractivity contribution in [2.24, 2.45) is 16.8 Å². The van der Waals surface area contributed by atoms with Gasteiger partial charge < -0.3 is 15.2 Å². The van der Waals surface area contributed by atoms with E-state index in [1.807, 2.05) is 0 Å². The largest absolute Gasteiger partial charge is 0.493 e. The van der Waals surface area contributed by atoms with Gasteiger partial charge in [0.15, 0.2) is 4.87 Å². The summed E-state index contributed by atoms with van der Waals surface area (Å²) in [6, 6.07) is 6.97. The number of carbonyl (C=O) groups excluding carboxylic acids is 1. The number of hydrogen-bond acceptors (Lipinski definition) is 6. The molecular formula is C21H20F3N3O3S. The summed E-state index contributed by atoms with van der Waals surface area (Å²) in [7, 11) is 0. The van der Waals surface area contributed by atoms with Crippen LogP contribution in [0.25, 0.3) is 0 Å². The molecule has 31 heavy (non-hydrogen) atoms. The van der Waals surface area contributed by atoms with Crippen LogP contribution in [0.1, 0.15) is 24.5 Å². The third kappa shape index (κ3) is 3.63. The highest BCUT2D eigenvalue weighted by molar-refractivity contribution is 8.15. The maximum Gasteiger partial charge on any atom is 0.432 e. The molecule has 0 saturated heterocycles. The standard InChI is InChI=1S/C21H20F3N3O3S/c1-2-29-20(28)27-21(31-19(26-27)15-9-13(22)3-5-17(15)24)12(7-8-25)11-30-18-6-4-14(23)10-16(18)21/h3-6,9-10,12H,2,7-8,11,25H2,1H3/t12-,21+/m1/s1. The summed E-state index contributed by atoms with van der Waals surface area (Å²) < 4.78 is 53.7. The first-order valence-corrected chi connectivity index (χ1v) is 10.5. The van der Waals surface area contributed by atoms with Gasteiger partial charge in [-0.2, -0.15) is 10.1 Å². The van der Waals surface area contributed by atoms with Gasteiger partial charge in [-0.3, -0.25) is 0 Å². The Bertz CT molecular complexity index is 1050. The van der Waals surface area contributed by atoms with Crippen LogP contribution in [-0.2, 0) is 9.61 Å². The fourth-order valence-corrected chi connectivity index (χ4v) is 5.35. The van der Waals surface area contributed by atoms with Gasteiger partial charge in [0.1, 0.15) is 28.2 Å². The van der Waals surface area contributed by atoms with Crippen molar-refractivity contribution in [2.45, 2.75) is 18.2 Å². The van der Waals surface area contributed by atoms with E-state index >= 15 is 0 Å². The second-order valence-corrected chi connectivity index (χ2v) is 8.28. The lowest BCUT2D eigenvalue weighted by molar-refractivity contribution is 0.0395. The lowest BCUT2D eigenvalue weighted by Crippen LogP contribution is -2.51. The van der Waals surface area contributed by atoms with E-state index in [9.17, 15) is 18.0 Å². The molecule has 4 rings (SSSR count). The van der Waals surface area contributed by atoms with E-state index in [1.165, 1.54) is 18.2 Å². The number of fused-ring (bicyclic) bond motifs is 2. The quantitative estimate of drug-likeness (QED) is 0.755. The van der Waals surface area contributed by atoms with Gasteiger partial charge in [0.2, 0.25) is 0 Å². The summed E-state index contributed by atoms with van der Waals surface area (Å²) in [4.78, 5) is 11.6. The molecule has 10 heteroatoms. The molecule has 2 atom stereocenters. The number of nitrogens with zero attached hydrogens (tertiary/aromatic N) is 2. The van der Waals surface area contributed by atoms with Crippen molar-refractivity contribution in [1.29, 1.82) is 0 Å². The van der Waals surface area contributed by atoms with Gasteiger partial charge in [-0.15, -0.1) is 0 Å². The van der Waals surface area contributed by atoms with E-state index in [-0.39, 0.29) is 30.4 Å². The molecule has 0 aromatic heterocycles. The summed E-state index contributed by atoms with van der Waals surface area (Å²) in [5.41, 5.74) is 6.06. The number of nitrogens with two attached hydrogens (primary N) is 1. The Kier molecular flexibility index (Phi) is 5.85. The first kappa shape index (κ1) is 21.5. The number of halogens is 3. The van der Waals surface area contributed by atoms with Crippen molar-refractivity contribution in [3.8, 4) is 5.75 Å². The maximum atomic E-state index is 14.6. The Morgan fingerprint density at radius 3 is 2.77 bits per heavy atom. The molecular weight excluding hydrogens is 431 g/mol. The van der Waals surface area contributed by atoms with Crippen molar-refractivity contribution < 1.29 is 27.4 Å². The molecule has 0 aliphatic carbocycles. The third-order valence-electron chi connectivity index (χ3n) is 5.19. The molecule has 2 aromatic carbocycles. The van der Waals surface area contributed by atoms with Crippen LogP contribution in [0.5, 0.6) is 5.75 Å². The predicted molar refractivity (Wildman–Crippen MR) is 110 cm³/mol. The predicted octanol–water partition coefficient (Wildman–Crippen LogP) is 4.18. The molecule has 2 aromatic rings. The van der Waals surface area contributed by atoms with Crippen molar-refractivity contribution in [3.63, 3.8) is 0 Å². The Labute approximate surface area is 181 Å². The summed E-state index contributed by atoms with van der Waals surface area (Å²) in [5.74, 6) is -1.94. The van der Waals surface area contributed by atoms with Crippen LogP contribution in [0.15, 0.2) is 41.5 Å². The highest BCUT2D eigenvalue weighted by atomic mass is 32.2. The number of ether oxygens (including phenoxy) is 2. The lowest BCUT2D eigenvalue weighted by Gasteiger charge is -2.44. The maximum absolute atomic E-state index is 14.6. The Morgan fingerprint density at radius 2 is 2.03 bits per heavy atom. The second kappa shape index (κ2) is 8.43. The van der Waals surface area contributed by atoms with Crippen molar-refractivity contribution in [2.75, 3.05) is 19.8 Å². The Balaban J connectivity index is 1.92. The first-order valence-electron chi connectivity index (χ1n) is 9.73. The average molecular weight is 451 g/mol. The summed E-state index contributed by atoms with van der Waals surface area (Å²) >= 11 is 1.04. The topological polar surface area (TPSA) is 77.1 Å². The van der Waals surface area contributed by atoms with E-state index in [2.05, 4.69) is 5.10 Å². The number of hydrazone groups is 1. The highest BCUT2D eigenvalue weighted by Gasteiger charge is 2.58. The molecule has 1 spiro atoms. The molecule has 2 heterocycles. The van der Waals surface area contributed by atoms with Crippen molar-refractivity contribution >= 4 is 22.9 Å². The van der Waals surface area contributed by atoms with Gasteiger partial charge >= 0.3 is 6.09 Å². The second-order valence-electron chi connectivity index (χ2n) is 7.06. The van der Waals surface area contributed by atoms with Gasteiger partial charge in [-0.25, -0.2) is 18.0 Å². The molecule has 0 saturated carbocycles. The first-order chi connectivity index (χ1) is 14.9. The zero-order valence-corrected chi connectivity index (χ0v) is 17.4. The summed E-state index contributed by atoms with van der Waals surface area (Å²) in [6.07, 6.45) is -0.381. The third-order valence-corrected chi connectivity index (χ3v) is 6.73. The molecule has 2 aliphatic heterocycles. The minimum Gasteiger partial charge on any atom is -0.493 e. The van der Waals surface area contributed by atoms with Crippen LogP contribution in [0.2, 0.25) is 0 Å². The van der Waals surface area contributed by atoms with Crippen molar-refractivity contribution in [3.05, 3.63) is 65.0 Å². The zero-order valence-electron chi connectivity index (χ0n) is 16.6. The van der Waals surface area contributed by atoms with Crippen LogP contribution >= 0.6 is 11.8 Å². The zero-order chi connectivity index (χ0) is 22.2. The minimum atomic E-state index is -1.30. The van der Waals surface area contributed by atoms with Gasteiger partial charge in [-0.1, -0.05) is 11.8 Å². The summed E-state index contributed by atoms with van der Waals surface area (Å²) in [6.45, 7) is 2.15. The lowest BCUT2D eigenvalue weighted by atomic mass is 9.87. The monoisotopic (exact) mass is 451 g/mol. The number of amides is 1. The Morgan fingerprint density at radius 1 is 1.29 bits per heavy atom. The van der Waals surface area contributed by atoms with Crippen LogP contribution in [0, 0.1) is 23.4 Å². The Hall–Kier alpha value is -2.72. The molecule has 0 radical (unpaired) electrons. The minimum absolute atomic E-state index is 0.0727. The van der Waals surface area contributed by atoms with E-state index in [0.29, 0.717) is 17.7 Å². The van der Waals surface area contributed by atoms with Crippen LogP contribution in [-0.4, -0.2) is 35.9 Å². The molecule has 0 unspecified atom stereocenters. The van der Waals surface area contributed by atoms with E-state index < -0.39 is 34.3 Å². The fourth-order valence-electron chi connectivity index (χ4n) is 3.84. The molecule has 1 amide bonds. The fraction of sp³-hybridized carbons (Fsp3) is 0.333. The molecule has 6 nitrogen and oxygen atoms in total. The van der Waals surface area contributed by atoms with Gasteiger partial charge in [0.25, 0.3) is 0 Å². The highest BCUT2D eigenvalue weighted by Crippen LogP contribution is 2.57. The van der Waals surface area contributed by atoms with Crippen LogP contribution in [0.4, 0.5) is 18.0 Å². The van der Waals surface area contributed by atoms with E-state index in [4.69, 9.17) is 15.2 Å². The van der Waals surface area contributed by atoms with Gasteiger partial charge in [-0.05, 0) is 56.3 Å². The van der Waals surface area contributed by atoms with Crippen LogP contribution < -0.4 is 10.5 Å². The molecule has 0 fully saturated rings. The molecule has 2 aliphatic rings. The number of thioether (sulfide) groups is 1. The number of benzene rings is 2. The molecule has 0 bridgehead atoms. The number of carbonyl (C=O) groups is 1. The van der Waals surface area contributed by atoms with Crippen LogP contribution in [0.3, 0.4) is 0 Å². The number of rotatable bonds is 4. The summed E-state index contributed by atoms with van der Waals surface area (Å²) in [5, 5.41) is 5.49. The molecule has 2 N–H and O–H groups in total. The smallest absolute Gasteiger partial charge is 0.432 e. The van der Waals surface area contributed by atoms with E-state index in [0.717, 1.165) is 35.0 Å². The van der Waals surface area contributed by atoms with Gasteiger partial charge in [0, 0.05) is 17.0 Å². The average Bonchev–Trinajstić information content (AvgIpc) is 3.14. The van der Waals surface area contributed by atoms with Gasteiger partial charge in [0.05, 0.1) is 13.2 Å². The van der Waals surface area contributed by atoms with Crippen molar-refractivity contribution in [1.82, 2.24) is 5.01 Å². The molecule has 164 valence electrons. The van der Waals surface area contributed by atoms with E-state index in [1.54, 1.807) is 6.92 Å². The number of hydrogen-bond donors (Lipinski definition) is 1. The normalized spacial score (nSPS) is 22.2. The SMILES string of the molecule is CCOC(=O)N1N=C(c2cc(F)ccc2F)S[C@@]12c1cc(F)ccc1OC[C@H]2CCN.